The van der Waals surface area contributed by atoms with Crippen LogP contribution in [-0.2, 0) is 10.9 Å². The molecule has 0 saturated carbocycles. The van der Waals surface area contributed by atoms with Gasteiger partial charge in [0, 0.05) is 20.2 Å². The van der Waals surface area contributed by atoms with E-state index in [1.165, 1.54) is 7.05 Å². The average Bonchev–Trinajstić information content (AvgIpc) is 2.45. The molecule has 2 N–H and O–H groups in total. The Labute approximate surface area is 115 Å². The minimum absolute atomic E-state index is 0.0399. The van der Waals surface area contributed by atoms with Crippen molar-refractivity contribution in [2.45, 2.75) is 31.5 Å². The smallest absolute Gasteiger partial charge is 0.376 e. The second kappa shape index (κ2) is 6.30. The van der Waals surface area contributed by atoms with E-state index in [-0.39, 0.29) is 17.7 Å². The third-order valence-corrected chi connectivity index (χ3v) is 3.19. The summed E-state index contributed by atoms with van der Waals surface area (Å²) in [5.41, 5.74) is -0.719. The van der Waals surface area contributed by atoms with E-state index in [4.69, 9.17) is 4.74 Å². The van der Waals surface area contributed by atoms with E-state index in [1.807, 2.05) is 0 Å². The second-order valence-corrected chi connectivity index (χ2v) is 4.74. The summed E-state index contributed by atoms with van der Waals surface area (Å²) in [6.07, 6.45) is -1.29. The molecule has 1 aromatic rings. The first-order chi connectivity index (χ1) is 9.49. The molecular weight excluding hydrogens is 271 g/mol. The van der Waals surface area contributed by atoms with Gasteiger partial charge in [0.1, 0.15) is 11.6 Å². The van der Waals surface area contributed by atoms with Crippen LogP contribution in [0.25, 0.3) is 0 Å². The summed E-state index contributed by atoms with van der Waals surface area (Å²) in [5.74, 6) is 0.394. The molecule has 1 aliphatic heterocycles. The minimum atomic E-state index is -4.38. The van der Waals surface area contributed by atoms with Crippen LogP contribution in [0.3, 0.4) is 0 Å². The monoisotopic (exact) mass is 289 g/mol. The summed E-state index contributed by atoms with van der Waals surface area (Å²) in [7, 11) is 1.54. The normalized spacial score (nSPS) is 19.7. The van der Waals surface area contributed by atoms with Gasteiger partial charge in [0.25, 0.3) is 0 Å². The van der Waals surface area contributed by atoms with Crippen molar-refractivity contribution in [3.05, 3.63) is 17.7 Å². The Hall–Kier alpha value is -1.50. The maximum atomic E-state index is 12.8. The van der Waals surface area contributed by atoms with Gasteiger partial charge in [0.05, 0.1) is 11.7 Å². The second-order valence-electron chi connectivity index (χ2n) is 4.74. The molecule has 2 rings (SSSR count). The highest BCUT2D eigenvalue weighted by Crippen LogP contribution is 2.32. The molecule has 2 heterocycles. The topological polar surface area (TPSA) is 46.2 Å². The number of hydrogen-bond acceptors (Lipinski definition) is 4. The third kappa shape index (κ3) is 4.00. The molecule has 1 aliphatic rings. The fourth-order valence-corrected chi connectivity index (χ4v) is 2.10. The molecule has 1 saturated heterocycles. The number of halogens is 3. The number of nitrogens with zero attached hydrogens (tertiary/aromatic N) is 1. The average molecular weight is 289 g/mol. The predicted octanol–water partition coefficient (Wildman–Crippen LogP) is 3.12. The Morgan fingerprint density at radius 2 is 2.05 bits per heavy atom. The quantitative estimate of drug-likeness (QED) is 0.894. The molecule has 0 amide bonds. The van der Waals surface area contributed by atoms with Crippen molar-refractivity contribution in [3.63, 3.8) is 0 Å². The summed E-state index contributed by atoms with van der Waals surface area (Å²) < 4.78 is 43.8. The van der Waals surface area contributed by atoms with E-state index in [0.717, 1.165) is 31.4 Å². The Bertz CT molecular complexity index is 445. The molecule has 1 aromatic heterocycles. The van der Waals surface area contributed by atoms with Crippen molar-refractivity contribution in [1.29, 1.82) is 0 Å². The predicted molar refractivity (Wildman–Crippen MR) is 70.9 cm³/mol. The van der Waals surface area contributed by atoms with Crippen molar-refractivity contribution >= 4 is 11.6 Å². The van der Waals surface area contributed by atoms with E-state index >= 15 is 0 Å². The number of nitrogens with one attached hydrogen (secondary N) is 2. The molecule has 1 unspecified atom stereocenters. The molecule has 7 heteroatoms. The summed E-state index contributed by atoms with van der Waals surface area (Å²) in [4.78, 5) is 4.07. The largest absolute Gasteiger partial charge is 0.416 e. The van der Waals surface area contributed by atoms with Gasteiger partial charge in [-0.1, -0.05) is 0 Å². The van der Waals surface area contributed by atoms with Crippen LogP contribution in [0.15, 0.2) is 12.1 Å². The van der Waals surface area contributed by atoms with E-state index < -0.39 is 11.7 Å². The van der Waals surface area contributed by atoms with Gasteiger partial charge >= 0.3 is 6.18 Å². The molecule has 20 heavy (non-hydrogen) atoms. The maximum Gasteiger partial charge on any atom is 0.416 e. The highest BCUT2D eigenvalue weighted by atomic mass is 19.4. The number of hydrogen-bond donors (Lipinski definition) is 2. The van der Waals surface area contributed by atoms with Gasteiger partial charge < -0.3 is 15.4 Å². The third-order valence-electron chi connectivity index (χ3n) is 3.19. The Balaban J connectivity index is 2.06. The Morgan fingerprint density at radius 3 is 2.65 bits per heavy atom. The first-order valence-electron chi connectivity index (χ1n) is 6.61. The first-order valence-corrected chi connectivity index (χ1v) is 6.61. The molecule has 4 nitrogen and oxygen atoms in total. The lowest BCUT2D eigenvalue weighted by atomic mass is 10.1. The number of anilines is 2. The highest BCUT2D eigenvalue weighted by Gasteiger charge is 2.31. The van der Waals surface area contributed by atoms with Crippen LogP contribution in [0.2, 0.25) is 0 Å². The number of alkyl halides is 3. The van der Waals surface area contributed by atoms with Crippen LogP contribution in [0, 0.1) is 0 Å². The van der Waals surface area contributed by atoms with Crippen molar-refractivity contribution in [1.82, 2.24) is 4.98 Å². The standard InChI is InChI=1S/C13H18F3N3O/c1-17-11-6-9(13(14,15)16)7-12(19-11)18-8-10-4-2-3-5-20-10/h6-7,10H,2-5,8H2,1H3,(H2,17,18,19). The molecule has 0 radical (unpaired) electrons. The molecule has 0 aliphatic carbocycles. The summed E-state index contributed by atoms with van der Waals surface area (Å²) in [6.45, 7) is 1.18. The zero-order valence-electron chi connectivity index (χ0n) is 11.3. The van der Waals surface area contributed by atoms with E-state index in [2.05, 4.69) is 15.6 Å². The van der Waals surface area contributed by atoms with Crippen molar-refractivity contribution in [3.8, 4) is 0 Å². The summed E-state index contributed by atoms with van der Waals surface area (Å²) in [5, 5.41) is 5.56. The van der Waals surface area contributed by atoms with E-state index in [1.54, 1.807) is 0 Å². The van der Waals surface area contributed by atoms with Gasteiger partial charge in [0.2, 0.25) is 0 Å². The minimum Gasteiger partial charge on any atom is -0.376 e. The molecule has 1 fully saturated rings. The zero-order valence-corrected chi connectivity index (χ0v) is 11.3. The first kappa shape index (κ1) is 14.9. The van der Waals surface area contributed by atoms with Gasteiger partial charge in [-0.25, -0.2) is 4.98 Å². The van der Waals surface area contributed by atoms with Gasteiger partial charge in [-0.3, -0.25) is 0 Å². The molecule has 0 bridgehead atoms. The van der Waals surface area contributed by atoms with Crippen molar-refractivity contribution in [2.75, 3.05) is 30.8 Å². The van der Waals surface area contributed by atoms with Crippen molar-refractivity contribution < 1.29 is 17.9 Å². The Kier molecular flexibility index (Phi) is 4.69. The SMILES string of the molecule is CNc1cc(C(F)(F)F)cc(NCC2CCCCO2)n1. The van der Waals surface area contributed by atoms with Crippen LogP contribution < -0.4 is 10.6 Å². The fourth-order valence-electron chi connectivity index (χ4n) is 2.10. The highest BCUT2D eigenvalue weighted by molar-refractivity contribution is 5.49. The molecular formula is C13H18F3N3O. The number of pyridine rings is 1. The molecule has 112 valence electrons. The summed E-state index contributed by atoms with van der Waals surface area (Å²) in [6, 6.07) is 2.01. The zero-order chi connectivity index (χ0) is 14.6. The van der Waals surface area contributed by atoms with E-state index in [0.29, 0.717) is 13.2 Å². The lowest BCUT2D eigenvalue weighted by molar-refractivity contribution is -0.137. The van der Waals surface area contributed by atoms with Crippen LogP contribution in [-0.4, -0.2) is 31.3 Å². The Morgan fingerprint density at radius 1 is 1.30 bits per heavy atom. The maximum absolute atomic E-state index is 12.8. The molecule has 0 spiro atoms. The van der Waals surface area contributed by atoms with Gasteiger partial charge in [-0.2, -0.15) is 13.2 Å². The molecule has 1 atom stereocenters. The lowest BCUT2D eigenvalue weighted by Crippen LogP contribution is -2.27. The number of ether oxygens (including phenoxy) is 1. The summed E-state index contributed by atoms with van der Waals surface area (Å²) >= 11 is 0. The van der Waals surface area contributed by atoms with Gasteiger partial charge in [-0.15, -0.1) is 0 Å². The van der Waals surface area contributed by atoms with Gasteiger partial charge in [-0.05, 0) is 31.4 Å². The van der Waals surface area contributed by atoms with E-state index in [9.17, 15) is 13.2 Å². The lowest BCUT2D eigenvalue weighted by Gasteiger charge is -2.23. The molecule has 0 aromatic carbocycles. The van der Waals surface area contributed by atoms with Crippen LogP contribution >= 0.6 is 0 Å². The number of rotatable bonds is 4. The van der Waals surface area contributed by atoms with Crippen LogP contribution in [0.4, 0.5) is 24.8 Å². The van der Waals surface area contributed by atoms with Crippen molar-refractivity contribution in [2.24, 2.45) is 0 Å². The fraction of sp³-hybridized carbons (Fsp3) is 0.615. The van der Waals surface area contributed by atoms with Gasteiger partial charge in [0.15, 0.2) is 0 Å². The number of aromatic nitrogens is 1. The van der Waals surface area contributed by atoms with Crippen LogP contribution in [0.1, 0.15) is 24.8 Å². The van der Waals surface area contributed by atoms with Crippen LogP contribution in [0.5, 0.6) is 0 Å².